The average Bonchev–Trinajstić information content (AvgIpc) is 2.60. The number of thioether (sulfide) groups is 1. The third kappa shape index (κ3) is 4.00. The van der Waals surface area contributed by atoms with Crippen LogP contribution in [0.1, 0.15) is 18.1 Å². The number of anilines is 1. The zero-order valence-electron chi connectivity index (χ0n) is 13.4. The smallest absolute Gasteiger partial charge is 0.227 e. The zero-order valence-corrected chi connectivity index (χ0v) is 14.3. The number of rotatable bonds is 6. The average molecular weight is 353 g/mol. The fraction of sp³-hybridized carbons (Fsp3) is 0.176. The molecule has 7 nitrogen and oxygen atoms in total. The van der Waals surface area contributed by atoms with Gasteiger partial charge in [0.2, 0.25) is 5.91 Å². The number of nitrogens with two attached hydrogens (primary N) is 2. The first kappa shape index (κ1) is 18.1. The number of amides is 1. The van der Waals surface area contributed by atoms with Crippen LogP contribution in [0.2, 0.25) is 0 Å². The highest BCUT2D eigenvalue weighted by molar-refractivity contribution is 8.00. The van der Waals surface area contributed by atoms with E-state index in [-0.39, 0.29) is 27.7 Å². The number of carbonyl (C=O) groups is 1. The lowest BCUT2D eigenvalue weighted by Gasteiger charge is -2.13. The number of ether oxygens (including phenoxy) is 1. The van der Waals surface area contributed by atoms with E-state index in [0.717, 1.165) is 11.8 Å². The second kappa shape index (κ2) is 8.04. The molecule has 4 N–H and O–H groups in total. The molecule has 0 bridgehead atoms. The number of aromatic nitrogens is 1. The number of hydrogen-bond donors (Lipinski definition) is 2. The summed E-state index contributed by atoms with van der Waals surface area (Å²) in [6.07, 6.45) is 0. The van der Waals surface area contributed by atoms with Crippen molar-refractivity contribution in [2.24, 2.45) is 5.73 Å². The van der Waals surface area contributed by atoms with Crippen LogP contribution in [-0.4, -0.2) is 23.3 Å². The first-order chi connectivity index (χ1) is 12.0. The number of nitrogen functional groups attached to an aromatic ring is 1. The van der Waals surface area contributed by atoms with E-state index >= 15 is 0 Å². The van der Waals surface area contributed by atoms with E-state index in [9.17, 15) is 15.3 Å². The van der Waals surface area contributed by atoms with Crippen molar-refractivity contribution in [3.05, 3.63) is 35.4 Å². The van der Waals surface area contributed by atoms with Crippen LogP contribution in [-0.2, 0) is 4.79 Å². The van der Waals surface area contributed by atoms with Gasteiger partial charge in [-0.1, -0.05) is 23.9 Å². The van der Waals surface area contributed by atoms with E-state index in [1.54, 1.807) is 24.3 Å². The maximum absolute atomic E-state index is 11.0. The molecule has 2 rings (SSSR count). The van der Waals surface area contributed by atoms with E-state index in [2.05, 4.69) is 11.1 Å². The van der Waals surface area contributed by atoms with E-state index in [4.69, 9.17) is 16.2 Å². The number of hydrogen-bond acceptors (Lipinski definition) is 7. The summed E-state index contributed by atoms with van der Waals surface area (Å²) in [6, 6.07) is 11.0. The van der Waals surface area contributed by atoms with Crippen molar-refractivity contribution in [1.82, 2.24) is 4.98 Å². The number of pyridine rings is 1. The SMILES string of the molecule is CCOc1ccc(-c2c(C#N)c(N)nc(SCC(N)=O)c2C#N)cc1. The highest BCUT2D eigenvalue weighted by Gasteiger charge is 2.20. The Morgan fingerprint density at radius 1 is 1.24 bits per heavy atom. The van der Waals surface area contributed by atoms with Crippen LogP contribution in [0, 0.1) is 22.7 Å². The van der Waals surface area contributed by atoms with Crippen molar-refractivity contribution in [3.63, 3.8) is 0 Å². The van der Waals surface area contributed by atoms with Crippen LogP contribution in [0.3, 0.4) is 0 Å². The normalized spacial score (nSPS) is 9.88. The van der Waals surface area contributed by atoms with E-state index in [0.29, 0.717) is 23.5 Å². The van der Waals surface area contributed by atoms with Gasteiger partial charge >= 0.3 is 0 Å². The van der Waals surface area contributed by atoms with Crippen LogP contribution in [0.4, 0.5) is 5.82 Å². The van der Waals surface area contributed by atoms with Gasteiger partial charge in [-0.05, 0) is 24.6 Å². The molecule has 0 spiro atoms. The molecule has 0 fully saturated rings. The van der Waals surface area contributed by atoms with Crippen molar-refractivity contribution < 1.29 is 9.53 Å². The number of nitriles is 2. The monoisotopic (exact) mass is 353 g/mol. The van der Waals surface area contributed by atoms with Gasteiger partial charge in [-0.15, -0.1) is 0 Å². The Balaban J connectivity index is 2.63. The number of primary amides is 1. The minimum Gasteiger partial charge on any atom is -0.494 e. The van der Waals surface area contributed by atoms with E-state index in [1.807, 2.05) is 13.0 Å². The molecule has 25 heavy (non-hydrogen) atoms. The summed E-state index contributed by atoms with van der Waals surface area (Å²) in [6.45, 7) is 2.41. The van der Waals surface area contributed by atoms with Crippen molar-refractivity contribution in [3.8, 4) is 29.0 Å². The lowest BCUT2D eigenvalue weighted by Crippen LogP contribution is -2.14. The third-order valence-electron chi connectivity index (χ3n) is 3.22. The van der Waals surface area contributed by atoms with Crippen molar-refractivity contribution in [2.45, 2.75) is 11.9 Å². The maximum atomic E-state index is 11.0. The fourth-order valence-corrected chi connectivity index (χ4v) is 2.95. The van der Waals surface area contributed by atoms with E-state index < -0.39 is 5.91 Å². The largest absolute Gasteiger partial charge is 0.494 e. The molecule has 0 radical (unpaired) electrons. The van der Waals surface area contributed by atoms with Gasteiger partial charge < -0.3 is 16.2 Å². The predicted molar refractivity (Wildman–Crippen MR) is 94.6 cm³/mol. The van der Waals surface area contributed by atoms with Crippen LogP contribution in [0.25, 0.3) is 11.1 Å². The van der Waals surface area contributed by atoms with Crippen LogP contribution >= 0.6 is 11.8 Å². The quantitative estimate of drug-likeness (QED) is 0.757. The van der Waals surface area contributed by atoms with Gasteiger partial charge in [0.1, 0.15) is 34.3 Å². The molecule has 0 aliphatic heterocycles. The molecule has 0 unspecified atom stereocenters. The Labute approximate surface area is 149 Å². The molecule has 0 aliphatic rings. The Morgan fingerprint density at radius 2 is 1.88 bits per heavy atom. The maximum Gasteiger partial charge on any atom is 0.227 e. The summed E-state index contributed by atoms with van der Waals surface area (Å²) < 4.78 is 5.40. The van der Waals surface area contributed by atoms with Crippen molar-refractivity contribution in [2.75, 3.05) is 18.1 Å². The van der Waals surface area contributed by atoms with Gasteiger partial charge in [0.25, 0.3) is 0 Å². The Morgan fingerprint density at radius 3 is 2.40 bits per heavy atom. The summed E-state index contributed by atoms with van der Waals surface area (Å²) >= 11 is 1.01. The van der Waals surface area contributed by atoms with Gasteiger partial charge in [-0.2, -0.15) is 10.5 Å². The lowest BCUT2D eigenvalue weighted by atomic mass is 9.97. The molecule has 2 aromatic rings. The first-order valence-corrected chi connectivity index (χ1v) is 8.28. The summed E-state index contributed by atoms with van der Waals surface area (Å²) in [5.41, 5.74) is 12.3. The second-order valence-electron chi connectivity index (χ2n) is 4.86. The highest BCUT2D eigenvalue weighted by atomic mass is 32.2. The van der Waals surface area contributed by atoms with Crippen LogP contribution < -0.4 is 16.2 Å². The Kier molecular flexibility index (Phi) is 5.83. The molecule has 1 aromatic heterocycles. The summed E-state index contributed by atoms with van der Waals surface area (Å²) in [5.74, 6) is 0.0858. The number of carbonyl (C=O) groups excluding carboxylic acids is 1. The topological polar surface area (TPSA) is 139 Å². The number of nitrogens with zero attached hydrogens (tertiary/aromatic N) is 3. The molecule has 0 aliphatic carbocycles. The molecule has 1 aromatic carbocycles. The second-order valence-corrected chi connectivity index (χ2v) is 5.83. The minimum atomic E-state index is -0.541. The molecule has 8 heteroatoms. The van der Waals surface area contributed by atoms with Crippen LogP contribution in [0.5, 0.6) is 5.75 Å². The predicted octanol–water partition coefficient (Wildman–Crippen LogP) is 2.05. The molecule has 1 amide bonds. The van der Waals surface area contributed by atoms with Crippen molar-refractivity contribution >= 4 is 23.5 Å². The van der Waals surface area contributed by atoms with E-state index in [1.165, 1.54) is 0 Å². The molecule has 0 saturated carbocycles. The Bertz CT molecular complexity index is 882. The van der Waals surface area contributed by atoms with Gasteiger partial charge in [-0.25, -0.2) is 4.98 Å². The summed E-state index contributed by atoms with van der Waals surface area (Å²) in [7, 11) is 0. The lowest BCUT2D eigenvalue weighted by molar-refractivity contribution is -0.115. The molecular weight excluding hydrogens is 338 g/mol. The highest BCUT2D eigenvalue weighted by Crippen LogP contribution is 2.36. The molecule has 1 heterocycles. The first-order valence-electron chi connectivity index (χ1n) is 7.29. The van der Waals surface area contributed by atoms with Gasteiger partial charge in [-0.3, -0.25) is 4.79 Å². The molecular formula is C17H15N5O2S. The standard InChI is InChI=1S/C17H15N5O2S/c1-2-24-11-5-3-10(4-6-11)15-12(7-18)16(21)22-17(13(15)8-19)25-9-14(20)23/h3-6H,2,9H2,1H3,(H2,20,23)(H2,21,22). The minimum absolute atomic E-state index is 0.00245. The molecule has 126 valence electrons. The summed E-state index contributed by atoms with van der Waals surface area (Å²) in [5, 5.41) is 19.3. The Hall–Kier alpha value is -3.23. The van der Waals surface area contributed by atoms with Gasteiger partial charge in [0.15, 0.2) is 0 Å². The fourth-order valence-electron chi connectivity index (χ4n) is 2.22. The third-order valence-corrected chi connectivity index (χ3v) is 4.22. The van der Waals surface area contributed by atoms with Gasteiger partial charge in [0, 0.05) is 5.56 Å². The van der Waals surface area contributed by atoms with Crippen molar-refractivity contribution in [1.29, 1.82) is 10.5 Å². The molecule has 0 atom stereocenters. The number of benzene rings is 1. The van der Waals surface area contributed by atoms with Gasteiger partial charge in [0.05, 0.1) is 17.9 Å². The summed E-state index contributed by atoms with van der Waals surface area (Å²) in [4.78, 5) is 15.1. The molecule has 0 saturated heterocycles. The zero-order chi connectivity index (χ0) is 18.4. The van der Waals surface area contributed by atoms with Crippen LogP contribution in [0.15, 0.2) is 29.3 Å².